The zero-order valence-electron chi connectivity index (χ0n) is 11.9. The SMILES string of the molecule is CC(C)CN1CCc2cc(-c3cnn(C)c3)ccc21. The van der Waals surface area contributed by atoms with Crippen molar-refractivity contribution >= 4 is 5.69 Å². The fraction of sp³-hybridized carbons (Fsp3) is 0.438. The minimum atomic E-state index is 0.712. The molecule has 0 amide bonds. The van der Waals surface area contributed by atoms with Crippen molar-refractivity contribution in [3.05, 3.63) is 36.2 Å². The topological polar surface area (TPSA) is 21.1 Å². The van der Waals surface area contributed by atoms with Crippen molar-refractivity contribution in [2.75, 3.05) is 18.0 Å². The first-order valence-corrected chi connectivity index (χ1v) is 7.00. The summed E-state index contributed by atoms with van der Waals surface area (Å²) in [5.74, 6) is 0.712. The third kappa shape index (κ3) is 2.37. The minimum absolute atomic E-state index is 0.712. The van der Waals surface area contributed by atoms with E-state index in [1.54, 1.807) is 0 Å². The van der Waals surface area contributed by atoms with E-state index in [1.807, 2.05) is 17.9 Å². The van der Waals surface area contributed by atoms with Crippen molar-refractivity contribution in [3.63, 3.8) is 0 Å². The van der Waals surface area contributed by atoms with Gasteiger partial charge in [0.25, 0.3) is 0 Å². The van der Waals surface area contributed by atoms with Crippen molar-refractivity contribution in [1.82, 2.24) is 9.78 Å². The van der Waals surface area contributed by atoms with E-state index in [2.05, 4.69) is 48.2 Å². The van der Waals surface area contributed by atoms with Crippen LogP contribution in [0.3, 0.4) is 0 Å². The van der Waals surface area contributed by atoms with Crippen LogP contribution < -0.4 is 4.90 Å². The highest BCUT2D eigenvalue weighted by molar-refractivity contribution is 5.69. The fourth-order valence-electron chi connectivity index (χ4n) is 2.85. The summed E-state index contributed by atoms with van der Waals surface area (Å²) in [6, 6.07) is 6.81. The Morgan fingerprint density at radius 2 is 2.11 bits per heavy atom. The van der Waals surface area contributed by atoms with E-state index in [9.17, 15) is 0 Å². The first-order chi connectivity index (χ1) is 9.13. The molecule has 0 saturated heterocycles. The third-order valence-corrected chi connectivity index (χ3v) is 3.69. The highest BCUT2D eigenvalue weighted by Gasteiger charge is 2.20. The van der Waals surface area contributed by atoms with Gasteiger partial charge in [-0.25, -0.2) is 0 Å². The second kappa shape index (κ2) is 4.72. The zero-order valence-corrected chi connectivity index (χ0v) is 11.9. The Bertz CT molecular complexity index is 583. The monoisotopic (exact) mass is 255 g/mol. The van der Waals surface area contributed by atoms with Crippen LogP contribution in [0.2, 0.25) is 0 Å². The average molecular weight is 255 g/mol. The standard InChI is InChI=1S/C16H21N3/c1-12(2)10-19-7-6-14-8-13(4-5-16(14)19)15-9-17-18(3)11-15/h4-5,8-9,11-12H,6-7,10H2,1-3H3. The maximum Gasteiger partial charge on any atom is 0.0568 e. The highest BCUT2D eigenvalue weighted by Crippen LogP contribution is 2.32. The van der Waals surface area contributed by atoms with Crippen molar-refractivity contribution in [2.45, 2.75) is 20.3 Å². The third-order valence-electron chi connectivity index (χ3n) is 3.69. The van der Waals surface area contributed by atoms with Gasteiger partial charge < -0.3 is 4.90 Å². The van der Waals surface area contributed by atoms with E-state index in [1.165, 1.54) is 22.4 Å². The predicted molar refractivity (Wildman–Crippen MR) is 79.4 cm³/mol. The smallest absolute Gasteiger partial charge is 0.0568 e. The molecule has 2 heterocycles. The van der Waals surface area contributed by atoms with E-state index in [-0.39, 0.29) is 0 Å². The Morgan fingerprint density at radius 3 is 2.79 bits per heavy atom. The summed E-state index contributed by atoms with van der Waals surface area (Å²) in [5.41, 5.74) is 5.37. The summed E-state index contributed by atoms with van der Waals surface area (Å²) < 4.78 is 1.85. The second-order valence-corrected chi connectivity index (χ2v) is 5.84. The van der Waals surface area contributed by atoms with E-state index in [4.69, 9.17) is 0 Å². The van der Waals surface area contributed by atoms with E-state index < -0.39 is 0 Å². The molecule has 0 unspecified atom stereocenters. The number of aryl methyl sites for hydroxylation is 1. The van der Waals surface area contributed by atoms with Crippen LogP contribution in [0.25, 0.3) is 11.1 Å². The molecule has 100 valence electrons. The molecule has 1 aliphatic heterocycles. The molecule has 0 atom stereocenters. The van der Waals surface area contributed by atoms with Crippen molar-refractivity contribution < 1.29 is 0 Å². The number of nitrogens with zero attached hydrogens (tertiary/aromatic N) is 3. The number of rotatable bonds is 3. The van der Waals surface area contributed by atoms with E-state index >= 15 is 0 Å². The molecule has 0 saturated carbocycles. The lowest BCUT2D eigenvalue weighted by atomic mass is 10.0. The van der Waals surface area contributed by atoms with Crippen LogP contribution in [0, 0.1) is 5.92 Å². The summed E-state index contributed by atoms with van der Waals surface area (Å²) in [6.45, 7) is 6.87. The first-order valence-electron chi connectivity index (χ1n) is 7.00. The molecule has 3 rings (SSSR count). The van der Waals surface area contributed by atoms with Gasteiger partial charge in [-0.2, -0.15) is 5.10 Å². The maximum absolute atomic E-state index is 4.25. The largest absolute Gasteiger partial charge is 0.371 e. The van der Waals surface area contributed by atoms with E-state index in [0.29, 0.717) is 5.92 Å². The van der Waals surface area contributed by atoms with Crippen molar-refractivity contribution in [2.24, 2.45) is 13.0 Å². The number of anilines is 1. The lowest BCUT2D eigenvalue weighted by molar-refractivity contribution is 0.622. The molecule has 1 aliphatic rings. The second-order valence-electron chi connectivity index (χ2n) is 5.84. The summed E-state index contributed by atoms with van der Waals surface area (Å²) in [7, 11) is 1.96. The molecule has 0 aliphatic carbocycles. The van der Waals surface area contributed by atoms with E-state index in [0.717, 1.165) is 19.5 Å². The minimum Gasteiger partial charge on any atom is -0.371 e. The summed E-state index contributed by atoms with van der Waals surface area (Å²) in [4.78, 5) is 2.51. The zero-order chi connectivity index (χ0) is 13.4. The Kier molecular flexibility index (Phi) is 3.05. The van der Waals surface area contributed by atoms with Crippen LogP contribution in [-0.4, -0.2) is 22.9 Å². The van der Waals surface area contributed by atoms with Crippen LogP contribution in [-0.2, 0) is 13.5 Å². The first kappa shape index (κ1) is 12.3. The normalized spacial score (nSPS) is 14.2. The van der Waals surface area contributed by atoms with Gasteiger partial charge in [0, 0.05) is 37.6 Å². The molecule has 0 bridgehead atoms. The molecule has 2 aromatic rings. The number of aromatic nitrogens is 2. The molecule has 0 fully saturated rings. The number of hydrogen-bond donors (Lipinski definition) is 0. The molecule has 1 aromatic heterocycles. The molecule has 1 aromatic carbocycles. The predicted octanol–water partition coefficient (Wildman–Crippen LogP) is 3.11. The van der Waals surface area contributed by atoms with Gasteiger partial charge in [0.2, 0.25) is 0 Å². The molecule has 0 spiro atoms. The molecule has 0 radical (unpaired) electrons. The number of fused-ring (bicyclic) bond motifs is 1. The Hall–Kier alpha value is -1.77. The molecule has 3 heteroatoms. The van der Waals surface area contributed by atoms with Gasteiger partial charge in [-0.3, -0.25) is 4.68 Å². The average Bonchev–Trinajstić information content (AvgIpc) is 2.95. The van der Waals surface area contributed by atoms with Gasteiger partial charge in [-0.05, 0) is 35.6 Å². The van der Waals surface area contributed by atoms with Crippen LogP contribution in [0.1, 0.15) is 19.4 Å². The summed E-state index contributed by atoms with van der Waals surface area (Å²) in [6.07, 6.45) is 5.17. The molecular weight excluding hydrogens is 234 g/mol. The van der Waals surface area contributed by atoms with Crippen LogP contribution in [0.15, 0.2) is 30.6 Å². The van der Waals surface area contributed by atoms with Gasteiger partial charge in [0.15, 0.2) is 0 Å². The Balaban J connectivity index is 1.90. The summed E-state index contributed by atoms with van der Waals surface area (Å²) in [5, 5.41) is 4.25. The van der Waals surface area contributed by atoms with Crippen LogP contribution in [0.4, 0.5) is 5.69 Å². The van der Waals surface area contributed by atoms with Crippen molar-refractivity contribution in [3.8, 4) is 11.1 Å². The quantitative estimate of drug-likeness (QED) is 0.840. The number of benzene rings is 1. The van der Waals surface area contributed by atoms with Crippen LogP contribution >= 0.6 is 0 Å². The lowest BCUT2D eigenvalue weighted by Crippen LogP contribution is -2.25. The number of hydrogen-bond acceptors (Lipinski definition) is 2. The Labute approximate surface area is 114 Å². The summed E-state index contributed by atoms with van der Waals surface area (Å²) >= 11 is 0. The van der Waals surface area contributed by atoms with Crippen molar-refractivity contribution in [1.29, 1.82) is 0 Å². The van der Waals surface area contributed by atoms with Crippen LogP contribution in [0.5, 0.6) is 0 Å². The van der Waals surface area contributed by atoms with Gasteiger partial charge >= 0.3 is 0 Å². The maximum atomic E-state index is 4.25. The molecule has 19 heavy (non-hydrogen) atoms. The van der Waals surface area contributed by atoms with Gasteiger partial charge in [0.05, 0.1) is 6.20 Å². The molecule has 0 N–H and O–H groups in total. The lowest BCUT2D eigenvalue weighted by Gasteiger charge is -2.21. The molecular formula is C16H21N3. The fourth-order valence-corrected chi connectivity index (χ4v) is 2.85. The van der Waals surface area contributed by atoms with Gasteiger partial charge in [-0.15, -0.1) is 0 Å². The molecule has 3 nitrogen and oxygen atoms in total. The van der Waals surface area contributed by atoms with Gasteiger partial charge in [0.1, 0.15) is 0 Å². The van der Waals surface area contributed by atoms with Gasteiger partial charge in [-0.1, -0.05) is 19.9 Å². The highest BCUT2D eigenvalue weighted by atomic mass is 15.2. The Morgan fingerprint density at radius 1 is 1.26 bits per heavy atom.